The molecule has 3 aliphatic rings. The SMILES string of the molecule is O=C(NCCC1=CCCCC1)c1cncc(N2CCC3(CC2)OCCO3)c1. The zero-order valence-corrected chi connectivity index (χ0v) is 15.9. The van der Waals surface area contributed by atoms with E-state index in [4.69, 9.17) is 9.47 Å². The maximum atomic E-state index is 12.5. The molecule has 0 unspecified atom stereocenters. The molecule has 146 valence electrons. The van der Waals surface area contributed by atoms with Crippen LogP contribution in [0.3, 0.4) is 0 Å². The van der Waals surface area contributed by atoms with Crippen LogP contribution in [-0.4, -0.2) is 49.5 Å². The van der Waals surface area contributed by atoms with Crippen LogP contribution in [0, 0.1) is 0 Å². The van der Waals surface area contributed by atoms with Crippen LogP contribution >= 0.6 is 0 Å². The largest absolute Gasteiger partial charge is 0.370 e. The van der Waals surface area contributed by atoms with Gasteiger partial charge in [-0.05, 0) is 38.2 Å². The predicted molar refractivity (Wildman–Crippen MR) is 104 cm³/mol. The third kappa shape index (κ3) is 4.50. The number of rotatable bonds is 5. The lowest BCUT2D eigenvalue weighted by atomic mass is 9.97. The van der Waals surface area contributed by atoms with Crippen LogP contribution in [0.1, 0.15) is 55.3 Å². The summed E-state index contributed by atoms with van der Waals surface area (Å²) in [5, 5.41) is 3.04. The lowest BCUT2D eigenvalue weighted by Gasteiger charge is -2.38. The van der Waals surface area contributed by atoms with Crippen LogP contribution in [0.25, 0.3) is 0 Å². The van der Waals surface area contributed by atoms with Gasteiger partial charge in [0.2, 0.25) is 0 Å². The average molecular weight is 371 g/mol. The minimum Gasteiger partial charge on any atom is -0.370 e. The second kappa shape index (κ2) is 8.40. The van der Waals surface area contributed by atoms with E-state index in [1.54, 1.807) is 6.20 Å². The van der Waals surface area contributed by atoms with E-state index in [0.717, 1.165) is 38.0 Å². The summed E-state index contributed by atoms with van der Waals surface area (Å²) in [7, 11) is 0. The van der Waals surface area contributed by atoms with Crippen molar-refractivity contribution in [1.82, 2.24) is 10.3 Å². The van der Waals surface area contributed by atoms with Crippen LogP contribution in [0.4, 0.5) is 5.69 Å². The molecule has 6 nitrogen and oxygen atoms in total. The van der Waals surface area contributed by atoms with Crippen molar-refractivity contribution >= 4 is 11.6 Å². The summed E-state index contributed by atoms with van der Waals surface area (Å²) in [6.45, 7) is 3.76. The van der Waals surface area contributed by atoms with E-state index in [-0.39, 0.29) is 11.7 Å². The zero-order chi connectivity index (χ0) is 18.5. The molecule has 6 heteroatoms. The van der Waals surface area contributed by atoms with Crippen LogP contribution in [0.5, 0.6) is 0 Å². The highest BCUT2D eigenvalue weighted by atomic mass is 16.7. The molecule has 0 bridgehead atoms. The topological polar surface area (TPSA) is 63.7 Å². The molecule has 0 saturated carbocycles. The second-order valence-electron chi connectivity index (χ2n) is 7.64. The number of aromatic nitrogens is 1. The first-order valence-electron chi connectivity index (χ1n) is 10.2. The number of hydrogen-bond donors (Lipinski definition) is 1. The van der Waals surface area contributed by atoms with Gasteiger partial charge < -0.3 is 19.7 Å². The molecule has 0 aromatic carbocycles. The summed E-state index contributed by atoms with van der Waals surface area (Å²) in [4.78, 5) is 19.0. The van der Waals surface area contributed by atoms with Crippen LogP contribution < -0.4 is 10.2 Å². The van der Waals surface area contributed by atoms with Crippen molar-refractivity contribution in [2.24, 2.45) is 0 Å². The lowest BCUT2D eigenvalue weighted by molar-refractivity contribution is -0.169. The molecule has 1 aliphatic carbocycles. The lowest BCUT2D eigenvalue weighted by Crippen LogP contribution is -2.45. The highest BCUT2D eigenvalue weighted by Gasteiger charge is 2.39. The molecule has 1 N–H and O–H groups in total. The molecule has 27 heavy (non-hydrogen) atoms. The Morgan fingerprint density at radius 1 is 1.19 bits per heavy atom. The van der Waals surface area contributed by atoms with Gasteiger partial charge in [0.1, 0.15) is 0 Å². The summed E-state index contributed by atoms with van der Waals surface area (Å²) in [6, 6.07) is 1.94. The van der Waals surface area contributed by atoms with Crippen LogP contribution in [0.15, 0.2) is 30.1 Å². The fraction of sp³-hybridized carbons (Fsp3) is 0.619. The minimum absolute atomic E-state index is 0.0447. The Kier molecular flexibility index (Phi) is 5.74. The quantitative estimate of drug-likeness (QED) is 0.806. The number of hydrogen-bond acceptors (Lipinski definition) is 5. The normalized spacial score (nSPS) is 21.9. The van der Waals surface area contributed by atoms with Crippen LogP contribution in [-0.2, 0) is 9.47 Å². The zero-order valence-electron chi connectivity index (χ0n) is 15.9. The molecular weight excluding hydrogens is 342 g/mol. The van der Waals surface area contributed by atoms with Gasteiger partial charge >= 0.3 is 0 Å². The Balaban J connectivity index is 1.30. The van der Waals surface area contributed by atoms with Gasteiger partial charge in [-0.25, -0.2) is 0 Å². The minimum atomic E-state index is -0.382. The number of piperidine rings is 1. The molecule has 1 amide bonds. The van der Waals surface area contributed by atoms with Gasteiger partial charge in [-0.2, -0.15) is 0 Å². The fourth-order valence-electron chi connectivity index (χ4n) is 4.19. The Bertz CT molecular complexity index is 688. The van der Waals surface area contributed by atoms with E-state index in [1.165, 1.54) is 31.3 Å². The summed E-state index contributed by atoms with van der Waals surface area (Å²) in [5.74, 6) is -0.427. The van der Waals surface area contributed by atoms with Gasteiger partial charge in [0, 0.05) is 38.7 Å². The van der Waals surface area contributed by atoms with Gasteiger partial charge in [0.25, 0.3) is 5.91 Å². The molecular formula is C21H29N3O3. The van der Waals surface area contributed by atoms with Crippen molar-refractivity contribution in [2.75, 3.05) is 37.7 Å². The van der Waals surface area contributed by atoms with Gasteiger partial charge in [-0.3, -0.25) is 9.78 Å². The van der Waals surface area contributed by atoms with Crippen molar-refractivity contribution in [2.45, 2.75) is 50.7 Å². The Morgan fingerprint density at radius 3 is 2.74 bits per heavy atom. The smallest absolute Gasteiger partial charge is 0.252 e. The summed E-state index contributed by atoms with van der Waals surface area (Å²) < 4.78 is 11.6. The number of carbonyl (C=O) groups excluding carboxylic acids is 1. The number of nitrogens with zero attached hydrogens (tertiary/aromatic N) is 2. The first-order chi connectivity index (χ1) is 13.2. The van der Waals surface area contributed by atoms with E-state index in [0.29, 0.717) is 25.3 Å². The standard InChI is InChI=1S/C21H29N3O3/c25-20(23-9-6-17-4-2-1-3-5-17)18-14-19(16-22-15-18)24-10-7-21(8-11-24)26-12-13-27-21/h4,14-16H,1-3,5-13H2,(H,23,25). The molecule has 1 aromatic heterocycles. The molecule has 2 saturated heterocycles. The van der Waals surface area contributed by atoms with E-state index in [9.17, 15) is 4.79 Å². The first-order valence-corrected chi connectivity index (χ1v) is 10.2. The molecule has 1 aromatic rings. The van der Waals surface area contributed by atoms with Crippen LogP contribution in [0.2, 0.25) is 0 Å². The Labute approximate surface area is 160 Å². The monoisotopic (exact) mass is 371 g/mol. The number of nitrogens with one attached hydrogen (secondary N) is 1. The molecule has 2 fully saturated rings. The van der Waals surface area contributed by atoms with Crippen molar-refractivity contribution < 1.29 is 14.3 Å². The molecule has 0 atom stereocenters. The summed E-state index contributed by atoms with van der Waals surface area (Å²) >= 11 is 0. The number of ether oxygens (including phenoxy) is 2. The van der Waals surface area contributed by atoms with Gasteiger partial charge in [-0.15, -0.1) is 0 Å². The number of allylic oxidation sites excluding steroid dienone is 1. The van der Waals surface area contributed by atoms with E-state index in [2.05, 4.69) is 21.3 Å². The van der Waals surface area contributed by atoms with Gasteiger partial charge in [-0.1, -0.05) is 11.6 Å². The molecule has 4 rings (SSSR count). The fourth-order valence-corrected chi connectivity index (χ4v) is 4.19. The van der Waals surface area contributed by atoms with Gasteiger partial charge in [0.15, 0.2) is 5.79 Å². The average Bonchev–Trinajstić information content (AvgIpc) is 3.17. The van der Waals surface area contributed by atoms with E-state index >= 15 is 0 Å². The summed E-state index contributed by atoms with van der Waals surface area (Å²) in [6.07, 6.45) is 13.4. The number of pyridine rings is 1. The molecule has 0 radical (unpaired) electrons. The maximum absolute atomic E-state index is 12.5. The molecule has 1 spiro atoms. The summed E-state index contributed by atoms with van der Waals surface area (Å²) in [5.41, 5.74) is 3.09. The second-order valence-corrected chi connectivity index (χ2v) is 7.64. The Hall–Kier alpha value is -1.92. The third-order valence-corrected chi connectivity index (χ3v) is 5.81. The maximum Gasteiger partial charge on any atom is 0.252 e. The van der Waals surface area contributed by atoms with Crippen molar-refractivity contribution in [3.63, 3.8) is 0 Å². The molecule has 3 heterocycles. The number of amides is 1. The highest BCUT2D eigenvalue weighted by Crippen LogP contribution is 2.33. The van der Waals surface area contributed by atoms with Crippen molar-refractivity contribution in [3.05, 3.63) is 35.7 Å². The highest BCUT2D eigenvalue weighted by molar-refractivity contribution is 5.94. The van der Waals surface area contributed by atoms with E-state index in [1.807, 2.05) is 12.3 Å². The van der Waals surface area contributed by atoms with Crippen molar-refractivity contribution in [1.29, 1.82) is 0 Å². The van der Waals surface area contributed by atoms with Gasteiger partial charge in [0.05, 0.1) is 30.7 Å². The van der Waals surface area contributed by atoms with E-state index < -0.39 is 0 Å². The third-order valence-electron chi connectivity index (χ3n) is 5.81. The predicted octanol–water partition coefficient (Wildman–Crippen LogP) is 3.05. The molecule has 2 aliphatic heterocycles. The number of anilines is 1. The first kappa shape index (κ1) is 18.4. The Morgan fingerprint density at radius 2 is 2.00 bits per heavy atom. The number of carbonyl (C=O) groups is 1. The van der Waals surface area contributed by atoms with Crippen molar-refractivity contribution in [3.8, 4) is 0 Å².